The van der Waals surface area contributed by atoms with Crippen LogP contribution in [0.25, 0.3) is 0 Å². The maximum atomic E-state index is 10.4. The largest absolute Gasteiger partial charge is 0.393 e. The molecular formula is C29H48O2. The van der Waals surface area contributed by atoms with Crippen LogP contribution in [-0.2, 0) is 4.74 Å². The monoisotopic (exact) mass is 428 g/mol. The predicted octanol–water partition coefficient (Wildman–Crippen LogP) is 7.01. The number of ether oxygens (including phenoxy) is 1. The molecule has 1 saturated heterocycles. The van der Waals surface area contributed by atoms with Crippen molar-refractivity contribution in [2.45, 2.75) is 117 Å². The van der Waals surface area contributed by atoms with Crippen LogP contribution in [0.3, 0.4) is 0 Å². The van der Waals surface area contributed by atoms with Crippen LogP contribution < -0.4 is 0 Å². The van der Waals surface area contributed by atoms with Crippen molar-refractivity contribution in [1.29, 1.82) is 0 Å². The van der Waals surface area contributed by atoms with Gasteiger partial charge in [-0.15, -0.1) is 0 Å². The Balaban J connectivity index is 1.35. The van der Waals surface area contributed by atoms with E-state index in [1.807, 2.05) is 0 Å². The second-order valence-corrected chi connectivity index (χ2v) is 13.2. The Morgan fingerprint density at radius 3 is 2.48 bits per heavy atom. The lowest BCUT2D eigenvalue weighted by atomic mass is 9.44. The molecule has 2 heteroatoms. The van der Waals surface area contributed by atoms with Gasteiger partial charge in [-0.05, 0) is 98.2 Å². The van der Waals surface area contributed by atoms with E-state index < -0.39 is 0 Å². The van der Waals surface area contributed by atoms with E-state index >= 15 is 0 Å². The molecule has 4 saturated carbocycles. The van der Waals surface area contributed by atoms with Gasteiger partial charge in [0.2, 0.25) is 0 Å². The first-order valence-electron chi connectivity index (χ1n) is 13.7. The van der Waals surface area contributed by atoms with Gasteiger partial charge in [-0.1, -0.05) is 53.7 Å². The number of epoxide rings is 1. The van der Waals surface area contributed by atoms with Gasteiger partial charge in [0.1, 0.15) is 5.60 Å². The van der Waals surface area contributed by atoms with Crippen LogP contribution in [0, 0.1) is 52.3 Å². The minimum absolute atomic E-state index is 0.0274. The minimum Gasteiger partial charge on any atom is -0.393 e. The van der Waals surface area contributed by atoms with Crippen molar-refractivity contribution in [2.24, 2.45) is 52.3 Å². The van der Waals surface area contributed by atoms with Crippen LogP contribution in [0.2, 0.25) is 0 Å². The fourth-order valence-corrected chi connectivity index (χ4v) is 9.84. The Labute approximate surface area is 191 Å². The van der Waals surface area contributed by atoms with Crippen LogP contribution in [-0.4, -0.2) is 22.9 Å². The molecule has 2 nitrogen and oxygen atoms in total. The third-order valence-electron chi connectivity index (χ3n) is 11.8. The Bertz CT molecular complexity index is 714. The molecule has 0 amide bonds. The predicted molar refractivity (Wildman–Crippen MR) is 128 cm³/mol. The van der Waals surface area contributed by atoms with Crippen molar-refractivity contribution in [3.05, 3.63) is 12.2 Å². The third-order valence-corrected chi connectivity index (χ3v) is 11.8. The Hall–Kier alpha value is -0.340. The Kier molecular flexibility index (Phi) is 5.50. The van der Waals surface area contributed by atoms with E-state index in [1.54, 1.807) is 0 Å². The smallest absolute Gasteiger partial charge is 0.103 e. The van der Waals surface area contributed by atoms with Crippen molar-refractivity contribution in [3.63, 3.8) is 0 Å². The van der Waals surface area contributed by atoms with E-state index in [2.05, 4.69) is 53.7 Å². The molecule has 5 rings (SSSR count). The number of fused-ring (bicyclic) bond motifs is 4. The summed E-state index contributed by atoms with van der Waals surface area (Å²) in [4.78, 5) is 0. The zero-order valence-electron chi connectivity index (χ0n) is 21.1. The lowest BCUT2D eigenvalue weighted by molar-refractivity contribution is -0.115. The molecule has 6 unspecified atom stereocenters. The standard InChI is InChI=1S/C29H48O2/c1-7-20(18(2)3)9-8-19(4)23-10-11-24-22-16-26-29(31-26)17-21(30)12-15-28(29,6)25(22)13-14-27(23,24)5/h8-9,18-26,30H,7,10-17H2,1-6H3/b9-8+/t19-,20-,21+,22?,23?,24?,25?,26?,27-,28-,29?/m1/s1. The summed E-state index contributed by atoms with van der Waals surface area (Å²) >= 11 is 0. The highest BCUT2D eigenvalue weighted by Crippen LogP contribution is 2.74. The molecule has 0 bridgehead atoms. The maximum absolute atomic E-state index is 10.4. The van der Waals surface area contributed by atoms with Crippen molar-refractivity contribution in [3.8, 4) is 0 Å². The number of hydrogen-bond acceptors (Lipinski definition) is 2. The summed E-state index contributed by atoms with van der Waals surface area (Å²) in [5.41, 5.74) is 0.833. The van der Waals surface area contributed by atoms with Crippen molar-refractivity contribution < 1.29 is 9.84 Å². The van der Waals surface area contributed by atoms with Gasteiger partial charge in [0.25, 0.3) is 0 Å². The number of rotatable bonds is 5. The van der Waals surface area contributed by atoms with Gasteiger partial charge in [0.15, 0.2) is 0 Å². The first-order valence-corrected chi connectivity index (χ1v) is 13.7. The lowest BCUT2D eigenvalue weighted by Crippen LogP contribution is -2.58. The van der Waals surface area contributed by atoms with E-state index in [-0.39, 0.29) is 11.7 Å². The average molecular weight is 429 g/mol. The van der Waals surface area contributed by atoms with Crippen LogP contribution in [0.5, 0.6) is 0 Å². The summed E-state index contributed by atoms with van der Waals surface area (Å²) in [5.74, 6) is 5.54. The van der Waals surface area contributed by atoms with Crippen LogP contribution in [0.1, 0.15) is 99.3 Å². The summed E-state index contributed by atoms with van der Waals surface area (Å²) < 4.78 is 6.52. The van der Waals surface area contributed by atoms with Crippen LogP contribution >= 0.6 is 0 Å². The fourth-order valence-electron chi connectivity index (χ4n) is 9.84. The molecule has 11 atom stereocenters. The van der Waals surface area contributed by atoms with Crippen molar-refractivity contribution >= 4 is 0 Å². The molecule has 0 radical (unpaired) electrons. The SMILES string of the molecule is CC[C@H](/C=C/[C@@H](C)C1CCC2C3CC4OC45C[C@@H](O)CC[C@]5(C)C3CC[C@@]21C)C(C)C. The third kappa shape index (κ3) is 3.17. The molecular weight excluding hydrogens is 380 g/mol. The Morgan fingerprint density at radius 2 is 1.77 bits per heavy atom. The minimum atomic E-state index is -0.134. The van der Waals surface area contributed by atoms with Gasteiger partial charge >= 0.3 is 0 Å². The van der Waals surface area contributed by atoms with E-state index in [4.69, 9.17) is 4.74 Å². The van der Waals surface area contributed by atoms with Crippen molar-refractivity contribution in [1.82, 2.24) is 0 Å². The molecule has 0 aromatic heterocycles. The zero-order valence-corrected chi connectivity index (χ0v) is 21.1. The van der Waals surface area contributed by atoms with Gasteiger partial charge < -0.3 is 9.84 Å². The van der Waals surface area contributed by atoms with E-state index in [0.717, 1.165) is 48.3 Å². The molecule has 1 aliphatic heterocycles. The summed E-state index contributed by atoms with van der Waals surface area (Å²) in [6.45, 7) is 14.8. The van der Waals surface area contributed by atoms with Crippen LogP contribution in [0.4, 0.5) is 0 Å². The normalized spacial score (nSPS) is 52.9. The molecule has 0 aromatic carbocycles. The van der Waals surface area contributed by atoms with Gasteiger partial charge in [0.05, 0.1) is 12.2 Å². The summed E-state index contributed by atoms with van der Waals surface area (Å²) in [6, 6.07) is 0. The van der Waals surface area contributed by atoms with E-state index in [1.165, 1.54) is 44.9 Å². The number of hydrogen-bond donors (Lipinski definition) is 1. The molecule has 1 N–H and O–H groups in total. The molecule has 176 valence electrons. The van der Waals surface area contributed by atoms with Crippen molar-refractivity contribution in [2.75, 3.05) is 0 Å². The summed E-state index contributed by atoms with van der Waals surface area (Å²) in [6.07, 6.45) is 16.7. The average Bonchev–Trinajstić information content (AvgIpc) is 3.29. The molecule has 5 aliphatic rings. The quantitative estimate of drug-likeness (QED) is 0.377. The molecule has 1 spiro atoms. The molecule has 5 fully saturated rings. The topological polar surface area (TPSA) is 32.8 Å². The highest BCUT2D eigenvalue weighted by Gasteiger charge is 2.76. The number of aliphatic hydroxyl groups is 1. The highest BCUT2D eigenvalue weighted by molar-refractivity contribution is 5.24. The van der Waals surface area contributed by atoms with Gasteiger partial charge in [-0.3, -0.25) is 0 Å². The van der Waals surface area contributed by atoms with Crippen LogP contribution in [0.15, 0.2) is 12.2 Å². The number of aliphatic hydroxyl groups excluding tert-OH is 1. The van der Waals surface area contributed by atoms with Gasteiger partial charge in [-0.25, -0.2) is 0 Å². The molecule has 4 aliphatic carbocycles. The number of allylic oxidation sites excluding steroid dienone is 2. The van der Waals surface area contributed by atoms with Gasteiger partial charge in [0, 0.05) is 11.8 Å². The molecule has 1 heterocycles. The molecule has 31 heavy (non-hydrogen) atoms. The summed E-state index contributed by atoms with van der Waals surface area (Å²) in [5, 5.41) is 10.4. The van der Waals surface area contributed by atoms with Gasteiger partial charge in [-0.2, -0.15) is 0 Å². The molecule has 0 aromatic rings. The second-order valence-electron chi connectivity index (χ2n) is 13.2. The highest BCUT2D eigenvalue weighted by atomic mass is 16.6. The lowest BCUT2D eigenvalue weighted by Gasteiger charge is -2.59. The summed E-state index contributed by atoms with van der Waals surface area (Å²) in [7, 11) is 0. The Morgan fingerprint density at radius 1 is 1.00 bits per heavy atom. The first-order chi connectivity index (χ1) is 14.7. The zero-order chi connectivity index (χ0) is 22.2. The fraction of sp³-hybridized carbons (Fsp3) is 0.931. The maximum Gasteiger partial charge on any atom is 0.103 e. The first kappa shape index (κ1) is 22.5. The second kappa shape index (κ2) is 7.59. The van der Waals surface area contributed by atoms with E-state index in [9.17, 15) is 5.11 Å². The van der Waals surface area contributed by atoms with E-state index in [0.29, 0.717) is 22.9 Å².